The first-order chi connectivity index (χ1) is 15.5. The summed E-state index contributed by atoms with van der Waals surface area (Å²) in [5.74, 6) is 1.41. The summed E-state index contributed by atoms with van der Waals surface area (Å²) in [7, 11) is 1.54. The molecule has 0 bridgehead atoms. The molecule has 0 saturated carbocycles. The first-order valence-electron chi connectivity index (χ1n) is 10.4. The summed E-state index contributed by atoms with van der Waals surface area (Å²) in [6.07, 6.45) is 3.23. The number of nitrogens with zero attached hydrogens (tertiary/aromatic N) is 3. The molecule has 4 rings (SSSR count). The zero-order valence-electron chi connectivity index (χ0n) is 18.0. The van der Waals surface area contributed by atoms with Crippen LogP contribution in [0.15, 0.2) is 53.1 Å². The van der Waals surface area contributed by atoms with Crippen LogP contribution in [-0.2, 0) is 9.59 Å². The highest BCUT2D eigenvalue weighted by Gasteiger charge is 2.27. The Morgan fingerprint density at radius 3 is 2.72 bits per heavy atom. The average molecular weight is 435 g/mol. The second kappa shape index (κ2) is 9.51. The van der Waals surface area contributed by atoms with Gasteiger partial charge in [0.05, 0.1) is 25.0 Å². The van der Waals surface area contributed by atoms with Crippen LogP contribution in [-0.4, -0.2) is 42.2 Å². The van der Waals surface area contributed by atoms with Crippen molar-refractivity contribution < 1.29 is 18.7 Å². The van der Waals surface area contributed by atoms with E-state index in [2.05, 4.69) is 25.7 Å². The van der Waals surface area contributed by atoms with Gasteiger partial charge in [-0.1, -0.05) is 0 Å². The molecule has 1 fully saturated rings. The van der Waals surface area contributed by atoms with E-state index in [-0.39, 0.29) is 17.7 Å². The molecule has 3 aromatic rings. The van der Waals surface area contributed by atoms with E-state index in [4.69, 9.17) is 9.15 Å². The fourth-order valence-corrected chi connectivity index (χ4v) is 3.77. The van der Waals surface area contributed by atoms with Gasteiger partial charge < -0.3 is 24.7 Å². The van der Waals surface area contributed by atoms with Crippen LogP contribution in [0.3, 0.4) is 0 Å². The van der Waals surface area contributed by atoms with Crippen LogP contribution in [0, 0.1) is 5.92 Å². The maximum Gasteiger partial charge on any atom is 0.229 e. The van der Waals surface area contributed by atoms with Crippen molar-refractivity contribution in [1.29, 1.82) is 0 Å². The Morgan fingerprint density at radius 2 is 2.03 bits per heavy atom. The Kier molecular flexibility index (Phi) is 6.34. The van der Waals surface area contributed by atoms with Crippen molar-refractivity contribution in [3.05, 3.63) is 48.7 Å². The Hall–Kier alpha value is -3.88. The number of nitrogens with one attached hydrogen (secondary N) is 2. The zero-order valence-corrected chi connectivity index (χ0v) is 18.0. The van der Waals surface area contributed by atoms with Gasteiger partial charge in [0.15, 0.2) is 11.6 Å². The average Bonchev–Trinajstić information content (AvgIpc) is 3.34. The molecule has 166 valence electrons. The first kappa shape index (κ1) is 21.4. The van der Waals surface area contributed by atoms with Gasteiger partial charge >= 0.3 is 0 Å². The molecule has 32 heavy (non-hydrogen) atoms. The lowest BCUT2D eigenvalue weighted by atomic mass is 9.97. The number of furan rings is 1. The molecule has 9 heteroatoms. The predicted molar refractivity (Wildman–Crippen MR) is 121 cm³/mol. The predicted octanol–water partition coefficient (Wildman–Crippen LogP) is 3.56. The van der Waals surface area contributed by atoms with Crippen molar-refractivity contribution in [3.63, 3.8) is 0 Å². The fraction of sp³-hybridized carbons (Fsp3) is 0.304. The molecule has 3 heterocycles. The van der Waals surface area contributed by atoms with Gasteiger partial charge in [0, 0.05) is 25.7 Å². The molecule has 1 aliphatic heterocycles. The van der Waals surface area contributed by atoms with E-state index in [1.165, 1.54) is 14.0 Å². The van der Waals surface area contributed by atoms with Crippen molar-refractivity contribution in [1.82, 2.24) is 10.2 Å². The number of methoxy groups -OCH3 is 1. The second-order valence-electron chi connectivity index (χ2n) is 7.62. The lowest BCUT2D eigenvalue weighted by Gasteiger charge is -2.32. The van der Waals surface area contributed by atoms with Gasteiger partial charge in [0.2, 0.25) is 11.8 Å². The van der Waals surface area contributed by atoms with Crippen molar-refractivity contribution in [2.45, 2.75) is 19.8 Å². The highest BCUT2D eigenvalue weighted by atomic mass is 16.5. The van der Waals surface area contributed by atoms with Crippen LogP contribution in [0.2, 0.25) is 0 Å². The van der Waals surface area contributed by atoms with E-state index in [9.17, 15) is 9.59 Å². The van der Waals surface area contributed by atoms with Crippen molar-refractivity contribution in [2.75, 3.05) is 35.7 Å². The van der Waals surface area contributed by atoms with Gasteiger partial charge in [0.1, 0.15) is 11.4 Å². The SMILES string of the molecule is COc1ccc(NC(C)=O)cc1NC(=O)C1CCCN(c2ccc(-c3ccco3)nn2)C1. The van der Waals surface area contributed by atoms with Crippen LogP contribution in [0.1, 0.15) is 19.8 Å². The maximum absolute atomic E-state index is 13.0. The Balaban J connectivity index is 1.44. The van der Waals surface area contributed by atoms with E-state index in [1.54, 1.807) is 30.5 Å². The molecule has 1 aromatic carbocycles. The third kappa shape index (κ3) is 4.88. The van der Waals surface area contributed by atoms with E-state index < -0.39 is 0 Å². The number of hydrogen-bond donors (Lipinski definition) is 2. The van der Waals surface area contributed by atoms with Gasteiger partial charge in [-0.2, -0.15) is 0 Å². The molecular formula is C23H25N5O4. The number of benzene rings is 1. The summed E-state index contributed by atoms with van der Waals surface area (Å²) < 4.78 is 10.7. The number of carbonyl (C=O) groups is 2. The summed E-state index contributed by atoms with van der Waals surface area (Å²) in [4.78, 5) is 26.4. The summed E-state index contributed by atoms with van der Waals surface area (Å²) >= 11 is 0. The Labute approximate surface area is 185 Å². The zero-order chi connectivity index (χ0) is 22.5. The highest BCUT2D eigenvalue weighted by molar-refractivity contribution is 5.96. The minimum absolute atomic E-state index is 0.104. The molecule has 9 nitrogen and oxygen atoms in total. The van der Waals surface area contributed by atoms with E-state index in [0.717, 1.165) is 25.2 Å². The normalized spacial score (nSPS) is 15.8. The number of anilines is 3. The van der Waals surface area contributed by atoms with Crippen LogP contribution in [0.25, 0.3) is 11.5 Å². The van der Waals surface area contributed by atoms with Crippen molar-refractivity contribution in [2.24, 2.45) is 5.92 Å². The smallest absolute Gasteiger partial charge is 0.229 e. The van der Waals surface area contributed by atoms with Gasteiger partial charge in [0.25, 0.3) is 0 Å². The summed E-state index contributed by atoms with van der Waals surface area (Å²) in [6, 6.07) is 12.5. The second-order valence-corrected chi connectivity index (χ2v) is 7.62. The van der Waals surface area contributed by atoms with Crippen molar-refractivity contribution >= 4 is 29.0 Å². The first-order valence-corrected chi connectivity index (χ1v) is 10.4. The molecule has 1 atom stereocenters. The molecule has 2 N–H and O–H groups in total. The molecule has 0 spiro atoms. The van der Waals surface area contributed by atoms with E-state index in [1.807, 2.05) is 18.2 Å². The minimum atomic E-state index is -0.218. The fourth-order valence-electron chi connectivity index (χ4n) is 3.77. The maximum atomic E-state index is 13.0. The monoisotopic (exact) mass is 435 g/mol. The van der Waals surface area contributed by atoms with E-state index in [0.29, 0.717) is 35.1 Å². The minimum Gasteiger partial charge on any atom is -0.495 e. The standard InChI is InChI=1S/C23H25N5O4/c1-15(29)24-17-7-9-20(31-2)19(13-17)25-23(30)16-5-3-11-28(14-16)22-10-8-18(26-27-22)21-6-4-12-32-21/h4,6-10,12-13,16H,3,5,11,14H2,1-2H3,(H,24,29)(H,25,30). The van der Waals surface area contributed by atoms with Gasteiger partial charge in [-0.15, -0.1) is 10.2 Å². The third-order valence-corrected chi connectivity index (χ3v) is 5.32. The molecule has 0 aliphatic carbocycles. The number of hydrogen-bond acceptors (Lipinski definition) is 7. The number of ether oxygens (including phenoxy) is 1. The van der Waals surface area contributed by atoms with Crippen LogP contribution in [0.4, 0.5) is 17.2 Å². The molecule has 1 unspecified atom stereocenters. The molecule has 1 aliphatic rings. The number of rotatable bonds is 6. The number of aromatic nitrogens is 2. The molecular weight excluding hydrogens is 410 g/mol. The quantitative estimate of drug-likeness (QED) is 0.609. The van der Waals surface area contributed by atoms with E-state index >= 15 is 0 Å². The number of carbonyl (C=O) groups excluding carboxylic acids is 2. The summed E-state index contributed by atoms with van der Waals surface area (Å²) in [5, 5.41) is 14.3. The van der Waals surface area contributed by atoms with Crippen LogP contribution in [0.5, 0.6) is 5.75 Å². The van der Waals surface area contributed by atoms with Crippen molar-refractivity contribution in [3.8, 4) is 17.2 Å². The van der Waals surface area contributed by atoms with Gasteiger partial charge in [-0.05, 0) is 55.3 Å². The molecule has 2 aromatic heterocycles. The summed E-state index contributed by atoms with van der Waals surface area (Å²) in [6.45, 7) is 2.78. The lowest BCUT2D eigenvalue weighted by Crippen LogP contribution is -2.41. The Morgan fingerprint density at radius 1 is 1.16 bits per heavy atom. The summed E-state index contributed by atoms with van der Waals surface area (Å²) in [5.41, 5.74) is 1.77. The molecule has 1 saturated heterocycles. The third-order valence-electron chi connectivity index (χ3n) is 5.32. The molecule has 0 radical (unpaired) electrons. The largest absolute Gasteiger partial charge is 0.495 e. The van der Waals surface area contributed by atoms with Gasteiger partial charge in [-0.25, -0.2) is 0 Å². The van der Waals surface area contributed by atoms with Crippen LogP contribution >= 0.6 is 0 Å². The number of piperidine rings is 1. The van der Waals surface area contributed by atoms with Crippen LogP contribution < -0.4 is 20.3 Å². The van der Waals surface area contributed by atoms with Gasteiger partial charge in [-0.3, -0.25) is 9.59 Å². The Bertz CT molecular complexity index is 1080. The highest BCUT2D eigenvalue weighted by Crippen LogP contribution is 2.30. The molecule has 2 amide bonds. The number of amides is 2. The topological polar surface area (TPSA) is 110 Å². The lowest BCUT2D eigenvalue weighted by molar-refractivity contribution is -0.120.